The molecule has 0 fully saturated rings. The summed E-state index contributed by atoms with van der Waals surface area (Å²) in [7, 11) is 1.58. The van der Waals surface area contributed by atoms with Crippen molar-refractivity contribution in [1.82, 2.24) is 10.1 Å². The summed E-state index contributed by atoms with van der Waals surface area (Å²) in [4.78, 5) is 4.28. The van der Waals surface area contributed by atoms with Crippen LogP contribution in [0, 0.1) is 6.92 Å². The molecule has 0 saturated carbocycles. The molecule has 2 rings (SSSR count). The zero-order chi connectivity index (χ0) is 13.1. The van der Waals surface area contributed by atoms with Gasteiger partial charge in [0.25, 0.3) is 5.89 Å². The molecule has 0 bridgehead atoms. The summed E-state index contributed by atoms with van der Waals surface area (Å²) in [6, 6.07) is 5.54. The van der Waals surface area contributed by atoms with Gasteiger partial charge in [0.2, 0.25) is 0 Å². The van der Waals surface area contributed by atoms with Gasteiger partial charge in [-0.1, -0.05) is 21.1 Å². The van der Waals surface area contributed by atoms with E-state index < -0.39 is 0 Å². The van der Waals surface area contributed by atoms with Gasteiger partial charge in [0, 0.05) is 17.1 Å². The monoisotopic (exact) mass is 311 g/mol. The third-order valence-electron chi connectivity index (χ3n) is 2.41. The summed E-state index contributed by atoms with van der Waals surface area (Å²) in [6.45, 7) is 2.36. The van der Waals surface area contributed by atoms with Crippen LogP contribution in [0.25, 0.3) is 11.5 Å². The Morgan fingerprint density at radius 1 is 1.44 bits per heavy atom. The van der Waals surface area contributed by atoms with Gasteiger partial charge in [-0.25, -0.2) is 0 Å². The number of halogens is 1. The second-order valence-electron chi connectivity index (χ2n) is 4.04. The van der Waals surface area contributed by atoms with Crippen molar-refractivity contribution in [1.29, 1.82) is 0 Å². The first-order valence-corrected chi connectivity index (χ1v) is 6.25. The zero-order valence-electron chi connectivity index (χ0n) is 10.2. The largest absolute Gasteiger partial charge is 0.383 e. The minimum atomic E-state index is -0.374. The molecule has 1 atom stereocenters. The fraction of sp³-hybridized carbons (Fsp3) is 0.333. The van der Waals surface area contributed by atoms with E-state index in [9.17, 15) is 0 Å². The second kappa shape index (κ2) is 5.60. The minimum absolute atomic E-state index is 0.358. The number of nitrogens with zero attached hydrogens (tertiary/aromatic N) is 2. The summed E-state index contributed by atoms with van der Waals surface area (Å²) in [6.07, 6.45) is 0. The Labute approximate surface area is 113 Å². The third-order valence-corrected chi connectivity index (χ3v) is 2.87. The summed E-state index contributed by atoms with van der Waals surface area (Å²) in [5, 5.41) is 3.86. The van der Waals surface area contributed by atoms with Crippen LogP contribution >= 0.6 is 15.9 Å². The molecule has 0 spiro atoms. The van der Waals surface area contributed by atoms with Gasteiger partial charge in [-0.3, -0.25) is 0 Å². The first-order chi connectivity index (χ1) is 8.60. The lowest BCUT2D eigenvalue weighted by molar-refractivity contribution is 0.177. The number of benzene rings is 1. The molecule has 0 radical (unpaired) electrons. The molecule has 5 nitrogen and oxygen atoms in total. The number of hydrogen-bond acceptors (Lipinski definition) is 5. The Hall–Kier alpha value is -1.24. The molecule has 18 heavy (non-hydrogen) atoms. The van der Waals surface area contributed by atoms with Crippen LogP contribution in [0.1, 0.15) is 17.4 Å². The highest BCUT2D eigenvalue weighted by Gasteiger charge is 2.15. The molecule has 6 heteroatoms. The lowest BCUT2D eigenvalue weighted by Crippen LogP contribution is -2.17. The molecule has 2 N–H and O–H groups in total. The van der Waals surface area contributed by atoms with Crippen LogP contribution in [0.5, 0.6) is 0 Å². The van der Waals surface area contributed by atoms with E-state index in [0.717, 1.165) is 15.6 Å². The Morgan fingerprint density at radius 2 is 2.22 bits per heavy atom. The summed E-state index contributed by atoms with van der Waals surface area (Å²) in [5.41, 5.74) is 7.81. The number of aromatic nitrogens is 2. The van der Waals surface area contributed by atoms with Crippen molar-refractivity contribution in [3.05, 3.63) is 34.1 Å². The zero-order valence-corrected chi connectivity index (χ0v) is 11.8. The first-order valence-electron chi connectivity index (χ1n) is 5.46. The van der Waals surface area contributed by atoms with Crippen molar-refractivity contribution >= 4 is 15.9 Å². The Bertz CT molecular complexity index is 522. The molecule has 0 amide bonds. The van der Waals surface area contributed by atoms with Gasteiger partial charge in [0.1, 0.15) is 0 Å². The summed E-state index contributed by atoms with van der Waals surface area (Å²) in [5.74, 6) is 0.908. The van der Waals surface area contributed by atoms with Crippen molar-refractivity contribution in [3.8, 4) is 11.5 Å². The Morgan fingerprint density at radius 3 is 2.89 bits per heavy atom. The number of hydrogen-bond donors (Lipinski definition) is 1. The number of methoxy groups -OCH3 is 1. The molecule has 0 saturated heterocycles. The number of nitrogens with two attached hydrogens (primary N) is 1. The van der Waals surface area contributed by atoms with E-state index in [2.05, 4.69) is 26.1 Å². The Kier molecular flexibility index (Phi) is 4.11. The maximum atomic E-state index is 5.84. The summed E-state index contributed by atoms with van der Waals surface area (Å²) >= 11 is 3.44. The maximum Gasteiger partial charge on any atom is 0.258 e. The normalized spacial score (nSPS) is 12.7. The van der Waals surface area contributed by atoms with Gasteiger partial charge in [0.05, 0.1) is 12.6 Å². The van der Waals surface area contributed by atoms with Gasteiger partial charge in [-0.2, -0.15) is 4.98 Å². The van der Waals surface area contributed by atoms with Gasteiger partial charge in [0.15, 0.2) is 5.82 Å². The van der Waals surface area contributed by atoms with Crippen LogP contribution in [0.3, 0.4) is 0 Å². The lowest BCUT2D eigenvalue weighted by atomic mass is 10.1. The predicted octanol–water partition coefficient (Wildman–Crippen LogP) is 2.45. The fourth-order valence-electron chi connectivity index (χ4n) is 1.62. The molecule has 1 unspecified atom stereocenters. The van der Waals surface area contributed by atoms with E-state index >= 15 is 0 Å². The predicted molar refractivity (Wildman–Crippen MR) is 71.0 cm³/mol. The van der Waals surface area contributed by atoms with Crippen molar-refractivity contribution in [2.45, 2.75) is 13.0 Å². The lowest BCUT2D eigenvalue weighted by Gasteiger charge is -2.03. The van der Waals surface area contributed by atoms with E-state index in [1.165, 1.54) is 0 Å². The quantitative estimate of drug-likeness (QED) is 0.938. The van der Waals surface area contributed by atoms with Gasteiger partial charge in [-0.05, 0) is 30.7 Å². The average molecular weight is 312 g/mol. The molecule has 0 aliphatic heterocycles. The van der Waals surface area contributed by atoms with Crippen molar-refractivity contribution < 1.29 is 9.26 Å². The van der Waals surface area contributed by atoms with Crippen LogP contribution in [-0.2, 0) is 4.74 Å². The molecular formula is C12H14BrN3O2. The van der Waals surface area contributed by atoms with E-state index in [1.807, 2.05) is 25.1 Å². The van der Waals surface area contributed by atoms with Crippen LogP contribution in [0.4, 0.5) is 0 Å². The highest BCUT2D eigenvalue weighted by atomic mass is 79.9. The highest BCUT2D eigenvalue weighted by Crippen LogP contribution is 2.24. The van der Waals surface area contributed by atoms with E-state index in [-0.39, 0.29) is 6.04 Å². The van der Waals surface area contributed by atoms with Gasteiger partial charge < -0.3 is 15.0 Å². The van der Waals surface area contributed by atoms with Crippen LogP contribution in [-0.4, -0.2) is 23.9 Å². The molecular weight excluding hydrogens is 298 g/mol. The standard InChI is InChI=1S/C12H14BrN3O2/c1-7-3-8(5-9(13)4-7)12-15-11(16-18-12)10(14)6-17-2/h3-5,10H,6,14H2,1-2H3. The fourth-order valence-corrected chi connectivity index (χ4v) is 2.22. The number of aryl methyl sites for hydroxylation is 1. The third kappa shape index (κ3) is 2.95. The van der Waals surface area contributed by atoms with Gasteiger partial charge >= 0.3 is 0 Å². The van der Waals surface area contributed by atoms with Crippen molar-refractivity contribution in [2.24, 2.45) is 5.73 Å². The Balaban J connectivity index is 2.29. The number of rotatable bonds is 4. The number of ether oxygens (including phenoxy) is 1. The second-order valence-corrected chi connectivity index (χ2v) is 4.95. The van der Waals surface area contributed by atoms with Crippen LogP contribution in [0.2, 0.25) is 0 Å². The molecule has 0 aliphatic rings. The van der Waals surface area contributed by atoms with Crippen molar-refractivity contribution in [3.63, 3.8) is 0 Å². The van der Waals surface area contributed by atoms with E-state index in [1.54, 1.807) is 7.11 Å². The highest BCUT2D eigenvalue weighted by molar-refractivity contribution is 9.10. The van der Waals surface area contributed by atoms with Crippen molar-refractivity contribution in [2.75, 3.05) is 13.7 Å². The minimum Gasteiger partial charge on any atom is -0.383 e. The average Bonchev–Trinajstić information content (AvgIpc) is 2.77. The molecule has 1 heterocycles. The van der Waals surface area contributed by atoms with E-state index in [4.69, 9.17) is 15.0 Å². The van der Waals surface area contributed by atoms with Gasteiger partial charge in [-0.15, -0.1) is 0 Å². The first kappa shape index (κ1) is 13.2. The molecule has 0 aliphatic carbocycles. The maximum absolute atomic E-state index is 5.84. The molecule has 1 aromatic carbocycles. The topological polar surface area (TPSA) is 74.2 Å². The smallest absolute Gasteiger partial charge is 0.258 e. The summed E-state index contributed by atoms with van der Waals surface area (Å²) < 4.78 is 11.1. The molecule has 1 aromatic heterocycles. The SMILES string of the molecule is COCC(N)c1noc(-c2cc(C)cc(Br)c2)n1. The molecule has 2 aromatic rings. The van der Waals surface area contributed by atoms with E-state index in [0.29, 0.717) is 18.3 Å². The van der Waals surface area contributed by atoms with Crippen LogP contribution < -0.4 is 5.73 Å². The molecule has 96 valence electrons. The van der Waals surface area contributed by atoms with Crippen LogP contribution in [0.15, 0.2) is 27.2 Å².